The van der Waals surface area contributed by atoms with E-state index in [2.05, 4.69) is 60.7 Å². The van der Waals surface area contributed by atoms with Gasteiger partial charge in [-0.25, -0.2) is 15.0 Å². The van der Waals surface area contributed by atoms with Crippen LogP contribution in [0.2, 0.25) is 0 Å². The van der Waals surface area contributed by atoms with Gasteiger partial charge in [-0.1, -0.05) is 121 Å². The van der Waals surface area contributed by atoms with E-state index in [9.17, 15) is 1.37 Å². The Kier molecular flexibility index (Phi) is 4.65. The zero-order chi connectivity index (χ0) is 37.7. The molecule has 0 fully saturated rings. The van der Waals surface area contributed by atoms with Crippen molar-refractivity contribution in [3.8, 4) is 45.3 Å². The highest BCUT2D eigenvalue weighted by Crippen LogP contribution is 2.40. The molecule has 0 bridgehead atoms. The maximum absolute atomic E-state index is 9.23. The van der Waals surface area contributed by atoms with Gasteiger partial charge in [0.05, 0.1) is 9.60 Å². The predicted molar refractivity (Wildman–Crippen MR) is 199 cm³/mol. The monoisotopic (exact) mass is 638 g/mol. The molecule has 10 rings (SSSR count). The van der Waals surface area contributed by atoms with Crippen LogP contribution in [0.4, 0.5) is 0 Å². The van der Waals surface area contributed by atoms with Crippen LogP contribution in [0.3, 0.4) is 0 Å². The Morgan fingerprint density at radius 1 is 0.479 bits per heavy atom. The Bertz CT molecular complexity index is 3250. The van der Waals surface area contributed by atoms with Gasteiger partial charge in [0.25, 0.3) is 0 Å². The van der Waals surface area contributed by atoms with Crippen LogP contribution in [0.15, 0.2) is 156 Å². The quantitative estimate of drug-likeness (QED) is 0.192. The average Bonchev–Trinajstić information content (AvgIpc) is 3.80. The van der Waals surface area contributed by atoms with Gasteiger partial charge < -0.3 is 4.42 Å². The van der Waals surface area contributed by atoms with E-state index in [-0.39, 0.29) is 51.5 Å². The molecule has 4 nitrogen and oxygen atoms in total. The summed E-state index contributed by atoms with van der Waals surface area (Å²) in [6, 6.07) is 33.8. The van der Waals surface area contributed by atoms with Crippen molar-refractivity contribution >= 4 is 64.2 Å². The molecule has 0 spiro atoms. The zero-order valence-electron chi connectivity index (χ0n) is 32.1. The fraction of sp³-hybridized carbons (Fsp3) is 0. The lowest BCUT2D eigenvalue weighted by Gasteiger charge is -2.08. The Morgan fingerprint density at radius 2 is 1.15 bits per heavy atom. The Balaban J connectivity index is 1.16. The van der Waals surface area contributed by atoms with Crippen LogP contribution in [-0.4, -0.2) is 15.0 Å². The molecule has 0 aliphatic heterocycles. The number of para-hydroxylation sites is 1. The van der Waals surface area contributed by atoms with Gasteiger partial charge in [-0.15, -0.1) is 11.3 Å². The van der Waals surface area contributed by atoms with Gasteiger partial charge in [0, 0.05) is 47.6 Å². The minimum atomic E-state index is -0.489. The highest BCUT2D eigenvalue weighted by molar-refractivity contribution is 7.25. The third kappa shape index (κ3) is 4.40. The van der Waals surface area contributed by atoms with Crippen LogP contribution < -0.4 is 0 Å². The van der Waals surface area contributed by atoms with Gasteiger partial charge in [0.2, 0.25) is 0 Å². The first-order valence-electron chi connectivity index (χ1n) is 18.9. The normalized spacial score (nSPS) is 13.8. The largest absolute Gasteiger partial charge is 0.456 e. The predicted octanol–water partition coefficient (Wildman–Crippen LogP) is 12.0. The fourth-order valence-electron chi connectivity index (χ4n) is 6.30. The molecule has 0 aliphatic rings. The molecule has 0 saturated heterocycles. The molecule has 0 aliphatic carbocycles. The van der Waals surface area contributed by atoms with Gasteiger partial charge in [-0.05, 0) is 52.2 Å². The summed E-state index contributed by atoms with van der Waals surface area (Å²) in [5.74, 6) is 0.617. The highest BCUT2D eigenvalue weighted by Gasteiger charge is 2.16. The summed E-state index contributed by atoms with van der Waals surface area (Å²) < 4.78 is 68.6. The van der Waals surface area contributed by atoms with Crippen LogP contribution in [0.25, 0.3) is 98.2 Å². The maximum atomic E-state index is 9.23. The first-order valence-corrected chi connectivity index (χ1v) is 16.2. The summed E-state index contributed by atoms with van der Waals surface area (Å²) in [6.07, 6.45) is 0. The minimum absolute atomic E-state index is 0.00886. The molecule has 48 heavy (non-hydrogen) atoms. The van der Waals surface area contributed by atoms with E-state index in [1.165, 1.54) is 16.3 Å². The van der Waals surface area contributed by atoms with E-state index >= 15 is 0 Å². The van der Waals surface area contributed by atoms with Crippen LogP contribution in [0.1, 0.15) is 9.60 Å². The van der Waals surface area contributed by atoms with E-state index in [4.69, 9.17) is 27.6 Å². The SMILES string of the molecule is [2H]c1c([2H])c([2H])c2c(oc3c([2H])c(-c4nc(-c5ccccc5)nc(-c5ccc6c(c5)sc5cc(-c7cccc8ccccc78)ccc56)n4)c([2H])c([2H])c32)c1[2H]. The molecule has 7 aromatic carbocycles. The van der Waals surface area contributed by atoms with Gasteiger partial charge >= 0.3 is 0 Å². The lowest BCUT2D eigenvalue weighted by atomic mass is 9.97. The van der Waals surface area contributed by atoms with Crippen molar-refractivity contribution in [2.45, 2.75) is 0 Å². The molecule has 0 unspecified atom stereocenters. The van der Waals surface area contributed by atoms with Crippen molar-refractivity contribution in [2.24, 2.45) is 0 Å². The van der Waals surface area contributed by atoms with E-state index < -0.39 is 24.2 Å². The van der Waals surface area contributed by atoms with Crippen molar-refractivity contribution in [3.05, 3.63) is 151 Å². The Labute approximate surface area is 289 Å². The minimum Gasteiger partial charge on any atom is -0.456 e. The molecule has 0 saturated carbocycles. The molecule has 0 radical (unpaired) electrons. The smallest absolute Gasteiger partial charge is 0.164 e. The van der Waals surface area contributed by atoms with Gasteiger partial charge in [0.15, 0.2) is 17.5 Å². The van der Waals surface area contributed by atoms with E-state index in [0.717, 1.165) is 25.7 Å². The van der Waals surface area contributed by atoms with Crippen molar-refractivity contribution in [3.63, 3.8) is 0 Å². The van der Waals surface area contributed by atoms with E-state index in [0.29, 0.717) is 22.8 Å². The number of rotatable bonds is 4. The fourth-order valence-corrected chi connectivity index (χ4v) is 7.49. The van der Waals surface area contributed by atoms with E-state index in [1.807, 2.05) is 48.5 Å². The van der Waals surface area contributed by atoms with Crippen LogP contribution in [-0.2, 0) is 0 Å². The number of nitrogens with zero attached hydrogens (tertiary/aromatic N) is 3. The molecule has 3 aromatic heterocycles. The number of thiophene rings is 1. The van der Waals surface area contributed by atoms with Gasteiger partial charge in [-0.2, -0.15) is 0 Å². The van der Waals surface area contributed by atoms with Crippen LogP contribution in [0, 0.1) is 0 Å². The van der Waals surface area contributed by atoms with Crippen molar-refractivity contribution in [1.82, 2.24) is 15.0 Å². The van der Waals surface area contributed by atoms with Crippen LogP contribution >= 0.6 is 11.3 Å². The summed E-state index contributed by atoms with van der Waals surface area (Å²) >= 11 is 1.67. The summed E-state index contributed by atoms with van der Waals surface area (Å²) in [5, 5.41) is 4.55. The topological polar surface area (TPSA) is 51.8 Å². The number of furan rings is 1. The number of hydrogen-bond donors (Lipinski definition) is 0. The second-order valence-corrected chi connectivity index (χ2v) is 12.6. The van der Waals surface area contributed by atoms with Crippen molar-refractivity contribution < 1.29 is 14.0 Å². The van der Waals surface area contributed by atoms with Gasteiger partial charge in [-0.3, -0.25) is 0 Å². The number of aromatic nitrogens is 3. The molecule has 0 amide bonds. The second-order valence-electron chi connectivity index (χ2n) is 11.5. The standard InChI is InChI=1S/C43H25N3OS/c1-2-10-27(11-3-1)41-44-42(29-18-20-34-33-14-6-7-16-37(33)47-38(34)23-29)46-43(45-41)30-19-22-36-35-21-17-28(24-39(35)48-40(36)25-30)32-15-8-12-26-9-4-5-13-31(26)32/h1-25H/i6D,7D,14D,16D,18D,20D,23D. The molecule has 0 atom stereocenters. The third-order valence-electron chi connectivity index (χ3n) is 8.61. The summed E-state index contributed by atoms with van der Waals surface area (Å²) in [5.41, 5.74) is 3.30. The zero-order valence-corrected chi connectivity index (χ0v) is 25.9. The summed E-state index contributed by atoms with van der Waals surface area (Å²) in [7, 11) is 0. The highest BCUT2D eigenvalue weighted by atomic mass is 32.1. The lowest BCUT2D eigenvalue weighted by Crippen LogP contribution is -2.00. The number of benzene rings is 7. The lowest BCUT2D eigenvalue weighted by molar-refractivity contribution is 0.669. The Morgan fingerprint density at radius 3 is 2.00 bits per heavy atom. The molecule has 0 N–H and O–H groups in total. The number of hydrogen-bond acceptors (Lipinski definition) is 5. The van der Waals surface area contributed by atoms with Crippen LogP contribution in [0.5, 0.6) is 0 Å². The first-order chi connectivity index (χ1) is 26.7. The summed E-state index contributed by atoms with van der Waals surface area (Å²) in [4.78, 5) is 14.4. The molecule has 10 aromatic rings. The molecule has 224 valence electrons. The summed E-state index contributed by atoms with van der Waals surface area (Å²) in [6.45, 7) is 0. The average molecular weight is 639 g/mol. The second kappa shape index (κ2) is 10.7. The van der Waals surface area contributed by atoms with Crippen molar-refractivity contribution in [1.29, 1.82) is 0 Å². The first kappa shape index (κ1) is 20.9. The molecule has 3 heterocycles. The van der Waals surface area contributed by atoms with Crippen molar-refractivity contribution in [2.75, 3.05) is 0 Å². The molecular weight excluding hydrogens is 607 g/mol. The van der Waals surface area contributed by atoms with Gasteiger partial charge in [0.1, 0.15) is 11.2 Å². The maximum Gasteiger partial charge on any atom is 0.164 e. The third-order valence-corrected chi connectivity index (χ3v) is 9.72. The molecular formula is C43H25N3OS. The number of fused-ring (bicyclic) bond motifs is 7. The van der Waals surface area contributed by atoms with E-state index in [1.54, 1.807) is 11.3 Å². The molecule has 5 heteroatoms. The Hall–Kier alpha value is -6.17.